The molecular weight excluding hydrogens is 325 g/mol. The summed E-state index contributed by atoms with van der Waals surface area (Å²) in [5.74, 6) is 1.16. The number of halogens is 1. The van der Waals surface area contributed by atoms with E-state index in [0.29, 0.717) is 12.3 Å². The van der Waals surface area contributed by atoms with Crippen molar-refractivity contribution < 1.29 is 18.6 Å². The van der Waals surface area contributed by atoms with Gasteiger partial charge in [0.2, 0.25) is 0 Å². The molecular formula is C18H24FN3O3. The number of hydrogen-bond donors (Lipinski definition) is 1. The van der Waals surface area contributed by atoms with Gasteiger partial charge in [0.05, 0.1) is 26.6 Å². The molecule has 1 aromatic carbocycles. The number of ether oxygens (including phenoxy) is 3. The average Bonchev–Trinajstić information content (AvgIpc) is 3.22. The van der Waals surface area contributed by atoms with E-state index in [2.05, 4.69) is 10.4 Å². The number of methoxy groups -OCH3 is 2. The molecule has 0 amide bonds. The molecule has 1 saturated carbocycles. The van der Waals surface area contributed by atoms with Gasteiger partial charge in [-0.15, -0.1) is 0 Å². The number of nitrogens with zero attached hydrogens (tertiary/aromatic N) is 2. The summed E-state index contributed by atoms with van der Waals surface area (Å²) in [5, 5.41) is 7.60. The van der Waals surface area contributed by atoms with Crippen molar-refractivity contribution in [1.29, 1.82) is 0 Å². The van der Waals surface area contributed by atoms with Crippen molar-refractivity contribution in [1.82, 2.24) is 15.1 Å². The molecule has 3 rings (SSSR count). The normalized spacial score (nSPS) is 19.8. The SMILES string of the molecule is COc1cc(OC)c(CN[C@H]2CCC[C@H]2Oc2cnn(C)c2)cc1F. The molecule has 1 fully saturated rings. The van der Waals surface area contributed by atoms with Crippen LogP contribution in [-0.2, 0) is 13.6 Å². The Hall–Kier alpha value is -2.28. The number of benzene rings is 1. The van der Waals surface area contributed by atoms with Gasteiger partial charge in [-0.3, -0.25) is 4.68 Å². The van der Waals surface area contributed by atoms with Crippen LogP contribution in [-0.4, -0.2) is 36.1 Å². The predicted octanol–water partition coefficient (Wildman–Crippen LogP) is 2.67. The van der Waals surface area contributed by atoms with E-state index in [-0.39, 0.29) is 17.9 Å². The third-order valence-corrected chi connectivity index (χ3v) is 4.53. The van der Waals surface area contributed by atoms with Gasteiger partial charge in [0.1, 0.15) is 11.9 Å². The molecule has 0 saturated heterocycles. The first-order valence-corrected chi connectivity index (χ1v) is 8.39. The van der Waals surface area contributed by atoms with Gasteiger partial charge in [-0.25, -0.2) is 4.39 Å². The van der Waals surface area contributed by atoms with Crippen molar-refractivity contribution in [2.75, 3.05) is 14.2 Å². The molecule has 7 heteroatoms. The molecule has 1 aliphatic carbocycles. The lowest BCUT2D eigenvalue weighted by molar-refractivity contribution is 0.173. The first-order chi connectivity index (χ1) is 12.1. The highest BCUT2D eigenvalue weighted by atomic mass is 19.1. The summed E-state index contributed by atoms with van der Waals surface area (Å²) in [4.78, 5) is 0. The van der Waals surface area contributed by atoms with Crippen LogP contribution in [0.1, 0.15) is 24.8 Å². The van der Waals surface area contributed by atoms with E-state index in [9.17, 15) is 4.39 Å². The fourth-order valence-electron chi connectivity index (χ4n) is 3.24. The van der Waals surface area contributed by atoms with Crippen LogP contribution in [0.2, 0.25) is 0 Å². The van der Waals surface area contributed by atoms with Crippen LogP contribution in [0.5, 0.6) is 17.2 Å². The lowest BCUT2D eigenvalue weighted by atomic mass is 10.1. The van der Waals surface area contributed by atoms with E-state index >= 15 is 0 Å². The lowest BCUT2D eigenvalue weighted by Crippen LogP contribution is -2.38. The monoisotopic (exact) mass is 349 g/mol. The van der Waals surface area contributed by atoms with Crippen molar-refractivity contribution in [3.05, 3.63) is 35.9 Å². The molecule has 2 atom stereocenters. The Kier molecular flexibility index (Phi) is 5.43. The van der Waals surface area contributed by atoms with Gasteiger partial charge in [-0.1, -0.05) is 0 Å². The van der Waals surface area contributed by atoms with Crippen molar-refractivity contribution >= 4 is 0 Å². The van der Waals surface area contributed by atoms with Crippen LogP contribution in [0.25, 0.3) is 0 Å². The highest BCUT2D eigenvalue weighted by molar-refractivity contribution is 5.41. The van der Waals surface area contributed by atoms with Crippen LogP contribution >= 0.6 is 0 Å². The van der Waals surface area contributed by atoms with Gasteiger partial charge in [0.15, 0.2) is 17.3 Å². The fraction of sp³-hybridized carbons (Fsp3) is 0.500. The summed E-state index contributed by atoms with van der Waals surface area (Å²) >= 11 is 0. The maximum Gasteiger partial charge on any atom is 0.165 e. The Morgan fingerprint density at radius 2 is 2.04 bits per heavy atom. The molecule has 25 heavy (non-hydrogen) atoms. The fourth-order valence-corrected chi connectivity index (χ4v) is 3.24. The zero-order valence-electron chi connectivity index (χ0n) is 14.8. The van der Waals surface area contributed by atoms with E-state index in [0.717, 1.165) is 30.6 Å². The van der Waals surface area contributed by atoms with Crippen LogP contribution in [0, 0.1) is 5.82 Å². The largest absolute Gasteiger partial charge is 0.496 e. The summed E-state index contributed by atoms with van der Waals surface area (Å²) in [5.41, 5.74) is 0.757. The van der Waals surface area contributed by atoms with Crippen molar-refractivity contribution in [3.63, 3.8) is 0 Å². The number of hydrogen-bond acceptors (Lipinski definition) is 5. The second-order valence-electron chi connectivity index (χ2n) is 6.22. The van der Waals surface area contributed by atoms with Crippen LogP contribution in [0.3, 0.4) is 0 Å². The molecule has 0 aliphatic heterocycles. The minimum Gasteiger partial charge on any atom is -0.496 e. The molecule has 1 aliphatic rings. The van der Waals surface area contributed by atoms with Crippen LogP contribution < -0.4 is 19.5 Å². The van der Waals surface area contributed by atoms with Crippen molar-refractivity contribution in [3.8, 4) is 17.2 Å². The van der Waals surface area contributed by atoms with E-state index < -0.39 is 5.82 Å². The van der Waals surface area contributed by atoms with Gasteiger partial charge in [0.25, 0.3) is 0 Å². The quantitative estimate of drug-likeness (QED) is 0.833. The molecule has 0 bridgehead atoms. The Bertz CT molecular complexity index is 720. The molecule has 0 spiro atoms. The summed E-state index contributed by atoms with van der Waals surface area (Å²) < 4.78 is 32.1. The molecule has 1 N–H and O–H groups in total. The van der Waals surface area contributed by atoms with Crippen LogP contribution in [0.15, 0.2) is 24.5 Å². The number of aromatic nitrogens is 2. The van der Waals surface area contributed by atoms with E-state index in [1.54, 1.807) is 24.1 Å². The zero-order chi connectivity index (χ0) is 17.8. The highest BCUT2D eigenvalue weighted by Gasteiger charge is 2.29. The minimum atomic E-state index is -0.394. The smallest absolute Gasteiger partial charge is 0.165 e. The summed E-state index contributed by atoms with van der Waals surface area (Å²) in [7, 11) is 4.87. The second kappa shape index (κ2) is 7.74. The van der Waals surface area contributed by atoms with E-state index in [1.165, 1.54) is 13.2 Å². The minimum absolute atomic E-state index is 0.0818. The molecule has 6 nitrogen and oxygen atoms in total. The summed E-state index contributed by atoms with van der Waals surface area (Å²) in [6.45, 7) is 0.502. The molecule has 2 aromatic rings. The maximum atomic E-state index is 14.0. The Balaban J connectivity index is 1.65. The van der Waals surface area contributed by atoms with Gasteiger partial charge in [0, 0.05) is 31.3 Å². The molecule has 0 radical (unpaired) electrons. The third kappa shape index (κ3) is 4.04. The van der Waals surface area contributed by atoms with Crippen molar-refractivity contribution in [2.45, 2.75) is 38.0 Å². The van der Waals surface area contributed by atoms with Gasteiger partial charge in [-0.2, -0.15) is 5.10 Å². The zero-order valence-corrected chi connectivity index (χ0v) is 14.8. The number of nitrogens with one attached hydrogen (secondary N) is 1. The maximum absolute atomic E-state index is 14.0. The Morgan fingerprint density at radius 1 is 1.24 bits per heavy atom. The number of aryl methyl sites for hydroxylation is 1. The van der Waals surface area contributed by atoms with E-state index in [4.69, 9.17) is 14.2 Å². The Morgan fingerprint density at radius 3 is 2.72 bits per heavy atom. The van der Waals surface area contributed by atoms with Crippen molar-refractivity contribution in [2.24, 2.45) is 7.05 Å². The molecule has 1 aromatic heterocycles. The van der Waals surface area contributed by atoms with E-state index in [1.807, 2.05) is 13.2 Å². The first kappa shape index (κ1) is 17.5. The molecule has 0 unspecified atom stereocenters. The topological polar surface area (TPSA) is 57.5 Å². The lowest BCUT2D eigenvalue weighted by Gasteiger charge is -2.22. The summed E-state index contributed by atoms with van der Waals surface area (Å²) in [6, 6.07) is 3.23. The summed E-state index contributed by atoms with van der Waals surface area (Å²) in [6.07, 6.45) is 6.76. The van der Waals surface area contributed by atoms with Gasteiger partial charge in [-0.05, 0) is 25.3 Å². The Labute approximate surface area is 146 Å². The molecule has 136 valence electrons. The standard InChI is InChI=1S/C18H24FN3O3/c1-22-11-13(10-21-22)25-16-6-4-5-15(16)20-9-12-7-14(19)18(24-3)8-17(12)23-2/h7-8,10-11,15-16,20H,4-6,9H2,1-3H3/t15-,16+/m0/s1. The number of rotatable bonds is 7. The van der Waals surface area contributed by atoms with Gasteiger partial charge < -0.3 is 19.5 Å². The average molecular weight is 349 g/mol. The third-order valence-electron chi connectivity index (χ3n) is 4.53. The predicted molar refractivity (Wildman–Crippen MR) is 91.6 cm³/mol. The second-order valence-corrected chi connectivity index (χ2v) is 6.22. The van der Waals surface area contributed by atoms with Crippen LogP contribution in [0.4, 0.5) is 4.39 Å². The highest BCUT2D eigenvalue weighted by Crippen LogP contribution is 2.29. The van der Waals surface area contributed by atoms with Gasteiger partial charge >= 0.3 is 0 Å². The molecule has 1 heterocycles. The first-order valence-electron chi connectivity index (χ1n) is 8.39.